The zero-order valence-corrected chi connectivity index (χ0v) is 42.9. The minimum absolute atomic E-state index is 0.184. The van der Waals surface area contributed by atoms with Gasteiger partial charge in [0.2, 0.25) is 0 Å². The third-order valence-corrected chi connectivity index (χ3v) is 17.6. The van der Waals surface area contributed by atoms with Crippen LogP contribution in [0.2, 0.25) is 0 Å². The van der Waals surface area contributed by atoms with Gasteiger partial charge < -0.3 is 4.90 Å². The van der Waals surface area contributed by atoms with E-state index in [-0.39, 0.29) is 5.41 Å². The van der Waals surface area contributed by atoms with Crippen LogP contribution in [0.5, 0.6) is 0 Å². The molecule has 0 unspecified atom stereocenters. The van der Waals surface area contributed by atoms with Crippen molar-refractivity contribution < 1.29 is 0 Å². The average molecular weight is 978 g/mol. The zero-order chi connectivity index (χ0) is 51.0. The highest BCUT2D eigenvalue weighted by molar-refractivity contribution is 6.30. The Morgan fingerprint density at radius 3 is 1.21 bits per heavy atom. The second-order valence-electron chi connectivity index (χ2n) is 21.9. The predicted octanol–water partition coefficient (Wildman–Crippen LogP) is 20.3. The van der Waals surface area contributed by atoms with Crippen molar-refractivity contribution >= 4 is 49.4 Å². The molecule has 0 aliphatic heterocycles. The van der Waals surface area contributed by atoms with Crippen LogP contribution >= 0.6 is 0 Å². The molecule has 77 heavy (non-hydrogen) atoms. The molecule has 13 aromatic rings. The Morgan fingerprint density at radius 2 is 0.636 bits per heavy atom. The van der Waals surface area contributed by atoms with Crippen LogP contribution in [0.15, 0.2) is 273 Å². The number of hydrogen-bond donors (Lipinski definition) is 0. The molecule has 360 valence electrons. The molecule has 1 heteroatoms. The first-order valence-electron chi connectivity index (χ1n) is 27.1. The van der Waals surface area contributed by atoms with Crippen molar-refractivity contribution in [3.05, 3.63) is 306 Å². The molecule has 0 heterocycles. The van der Waals surface area contributed by atoms with Crippen molar-refractivity contribution in [2.24, 2.45) is 0 Å². The zero-order valence-electron chi connectivity index (χ0n) is 42.9. The summed E-state index contributed by atoms with van der Waals surface area (Å²) in [5.41, 5.74) is 25.9. The number of rotatable bonds is 6. The van der Waals surface area contributed by atoms with Gasteiger partial charge in [-0.1, -0.05) is 232 Å². The Balaban J connectivity index is 0.992. The van der Waals surface area contributed by atoms with Gasteiger partial charge >= 0.3 is 0 Å². The van der Waals surface area contributed by atoms with Gasteiger partial charge in [-0.3, -0.25) is 0 Å². The molecule has 16 rings (SSSR count). The number of fused-ring (bicyclic) bond motifs is 19. The number of nitrogens with zero attached hydrogens (tertiary/aromatic N) is 1. The lowest BCUT2D eigenvalue weighted by molar-refractivity contribution is 0.660. The van der Waals surface area contributed by atoms with Crippen LogP contribution in [-0.4, -0.2) is 0 Å². The van der Waals surface area contributed by atoms with Gasteiger partial charge in [-0.2, -0.15) is 0 Å². The molecule has 0 bridgehead atoms. The van der Waals surface area contributed by atoms with Crippen LogP contribution in [-0.2, 0) is 10.8 Å². The molecular formula is C76H51N. The highest BCUT2D eigenvalue weighted by Gasteiger charge is 2.51. The van der Waals surface area contributed by atoms with E-state index in [1.54, 1.807) is 0 Å². The minimum Gasteiger partial charge on any atom is -0.310 e. The molecule has 0 fully saturated rings. The Kier molecular flexibility index (Phi) is 9.37. The van der Waals surface area contributed by atoms with Gasteiger partial charge in [-0.25, -0.2) is 0 Å². The Labute approximate surface area is 449 Å². The van der Waals surface area contributed by atoms with Gasteiger partial charge in [0.05, 0.1) is 5.41 Å². The first-order valence-corrected chi connectivity index (χ1v) is 27.1. The van der Waals surface area contributed by atoms with E-state index in [9.17, 15) is 0 Å². The summed E-state index contributed by atoms with van der Waals surface area (Å²) in [6.45, 7) is 4.78. The van der Waals surface area contributed by atoms with E-state index in [0.29, 0.717) is 0 Å². The van der Waals surface area contributed by atoms with E-state index in [2.05, 4.69) is 292 Å². The molecule has 0 saturated carbocycles. The summed E-state index contributed by atoms with van der Waals surface area (Å²) in [5.74, 6) is 0. The van der Waals surface area contributed by atoms with E-state index in [4.69, 9.17) is 0 Å². The Hall–Kier alpha value is -9.56. The molecule has 0 N–H and O–H groups in total. The van der Waals surface area contributed by atoms with E-state index in [1.165, 1.54) is 132 Å². The predicted molar refractivity (Wildman–Crippen MR) is 324 cm³/mol. The maximum atomic E-state index is 2.55. The molecule has 0 amide bonds. The molecule has 3 aliphatic rings. The Bertz CT molecular complexity index is 4490. The fraction of sp³-hybridized carbons (Fsp3) is 0.0526. The minimum atomic E-state index is -0.482. The summed E-state index contributed by atoms with van der Waals surface area (Å²) < 4.78 is 0. The lowest BCUT2D eigenvalue weighted by Gasteiger charge is -2.32. The normalized spacial score (nSPS) is 13.8. The topological polar surface area (TPSA) is 3.24 Å². The standard InChI is InChI=1S/C76H51N/c1-75(2)68-30-16-12-26-58(68)62-40-36-54(46-72(62)75)77(55-37-41-63-61-29-15-19-33-71(61)76(73(63)47-55)69-31-17-13-27-59(69)60-28-14-18-32-70(60)76)53-35-39-57-65(45-53)56-38-34-51(48-20-6-3-7-21-48)42-66(56)74-64(50-24-10-5-11-25-50)43-52(44-67(57)74)49-22-8-4-9-23-49/h3-47H,1-2H3. The summed E-state index contributed by atoms with van der Waals surface area (Å²) in [4.78, 5) is 2.55. The summed E-state index contributed by atoms with van der Waals surface area (Å²) in [7, 11) is 0. The van der Waals surface area contributed by atoms with Crippen molar-refractivity contribution in [3.63, 3.8) is 0 Å². The van der Waals surface area contributed by atoms with Gasteiger partial charge in [0, 0.05) is 22.5 Å². The largest absolute Gasteiger partial charge is 0.310 e. The summed E-state index contributed by atoms with van der Waals surface area (Å²) >= 11 is 0. The average Bonchev–Trinajstić information content (AvgIpc) is 4.14. The highest BCUT2D eigenvalue weighted by atomic mass is 15.1. The van der Waals surface area contributed by atoms with E-state index >= 15 is 0 Å². The van der Waals surface area contributed by atoms with Crippen molar-refractivity contribution in [2.45, 2.75) is 24.7 Å². The van der Waals surface area contributed by atoms with Crippen molar-refractivity contribution in [1.82, 2.24) is 0 Å². The molecule has 1 spiro atoms. The van der Waals surface area contributed by atoms with Crippen LogP contribution in [0.25, 0.3) is 99.1 Å². The third kappa shape index (κ3) is 6.23. The van der Waals surface area contributed by atoms with Crippen LogP contribution in [0.3, 0.4) is 0 Å². The Morgan fingerprint density at radius 1 is 0.234 bits per heavy atom. The van der Waals surface area contributed by atoms with Crippen LogP contribution in [0.4, 0.5) is 17.1 Å². The lowest BCUT2D eigenvalue weighted by Crippen LogP contribution is -2.26. The second-order valence-corrected chi connectivity index (χ2v) is 21.9. The fourth-order valence-electron chi connectivity index (χ4n) is 14.2. The summed E-state index contributed by atoms with van der Waals surface area (Å²) in [6.07, 6.45) is 0. The summed E-state index contributed by atoms with van der Waals surface area (Å²) in [5, 5.41) is 7.42. The van der Waals surface area contributed by atoms with E-state index in [0.717, 1.165) is 17.1 Å². The number of hydrogen-bond acceptors (Lipinski definition) is 1. The van der Waals surface area contributed by atoms with E-state index in [1.807, 2.05) is 0 Å². The molecule has 1 nitrogen and oxygen atoms in total. The smallest absolute Gasteiger partial charge is 0.0726 e. The second kappa shape index (κ2) is 16.5. The molecule has 0 atom stereocenters. The maximum Gasteiger partial charge on any atom is 0.0726 e. The van der Waals surface area contributed by atoms with Gasteiger partial charge in [-0.15, -0.1) is 0 Å². The number of anilines is 3. The van der Waals surface area contributed by atoms with E-state index < -0.39 is 5.41 Å². The molecule has 13 aromatic carbocycles. The van der Waals surface area contributed by atoms with Crippen LogP contribution < -0.4 is 4.90 Å². The highest BCUT2D eigenvalue weighted by Crippen LogP contribution is 2.63. The van der Waals surface area contributed by atoms with Gasteiger partial charge in [0.1, 0.15) is 0 Å². The summed E-state index contributed by atoms with van der Waals surface area (Å²) in [6, 6.07) is 103. The van der Waals surface area contributed by atoms with Crippen molar-refractivity contribution in [1.29, 1.82) is 0 Å². The quantitative estimate of drug-likeness (QED) is 0.150. The maximum absolute atomic E-state index is 2.55. The van der Waals surface area contributed by atoms with Crippen LogP contribution in [0.1, 0.15) is 47.2 Å². The first-order chi connectivity index (χ1) is 37.9. The number of benzene rings is 13. The van der Waals surface area contributed by atoms with Gasteiger partial charge in [0.15, 0.2) is 0 Å². The molecule has 0 radical (unpaired) electrons. The van der Waals surface area contributed by atoms with Crippen molar-refractivity contribution in [2.75, 3.05) is 4.90 Å². The molecule has 0 saturated heterocycles. The third-order valence-electron chi connectivity index (χ3n) is 17.6. The molecule has 0 aromatic heterocycles. The van der Waals surface area contributed by atoms with Gasteiger partial charge in [0.25, 0.3) is 0 Å². The molecule has 3 aliphatic carbocycles. The van der Waals surface area contributed by atoms with Crippen molar-refractivity contribution in [3.8, 4) is 66.8 Å². The fourth-order valence-corrected chi connectivity index (χ4v) is 14.2. The van der Waals surface area contributed by atoms with Gasteiger partial charge in [-0.05, 0) is 187 Å². The SMILES string of the molecule is CC1(C)c2ccccc2-c2ccc(N(c3ccc4c(c3)C3(c5ccccc5-c5ccccc53)c3ccccc3-4)c3ccc4c(c3)c3ccc(-c5ccccc5)cc3c3c(-c5ccccc5)cc(-c5ccccc5)cc43)cc21. The monoisotopic (exact) mass is 977 g/mol. The lowest BCUT2D eigenvalue weighted by atomic mass is 9.70. The van der Waals surface area contributed by atoms with Crippen LogP contribution in [0, 0.1) is 0 Å². The first kappa shape index (κ1) is 43.8. The molecular weight excluding hydrogens is 927 g/mol.